The molecule has 0 aliphatic heterocycles. The van der Waals surface area contributed by atoms with Crippen LogP contribution in [0.1, 0.15) is 23.7 Å². The Kier molecular flexibility index (Phi) is 5.24. The van der Waals surface area contributed by atoms with Gasteiger partial charge >= 0.3 is 0 Å². The average molecular weight is 305 g/mol. The van der Waals surface area contributed by atoms with Gasteiger partial charge in [-0.1, -0.05) is 24.2 Å². The minimum absolute atomic E-state index is 0.0508. The average Bonchev–Trinajstić information content (AvgIpc) is 2.99. The van der Waals surface area contributed by atoms with Gasteiger partial charge in [0.05, 0.1) is 5.56 Å². The number of nitrogens with one attached hydrogen (secondary N) is 1. The second-order valence-electron chi connectivity index (χ2n) is 4.64. The van der Waals surface area contributed by atoms with Crippen LogP contribution in [0.2, 0.25) is 0 Å². The molecule has 0 radical (unpaired) electrons. The zero-order valence-corrected chi connectivity index (χ0v) is 12.1. The molecule has 1 N–H and O–H groups in total. The predicted octanol–water partition coefficient (Wildman–Crippen LogP) is 2.30. The van der Waals surface area contributed by atoms with Crippen LogP contribution in [0.4, 0.5) is 10.2 Å². The lowest BCUT2D eigenvalue weighted by atomic mass is 10.2. The van der Waals surface area contributed by atoms with E-state index in [1.807, 2.05) is 6.92 Å². The zero-order valence-electron chi connectivity index (χ0n) is 12.1. The number of halogens is 1. The van der Waals surface area contributed by atoms with Gasteiger partial charge in [-0.15, -0.1) is 0 Å². The molecule has 0 atom stereocenters. The van der Waals surface area contributed by atoms with Gasteiger partial charge in [0.15, 0.2) is 5.82 Å². The summed E-state index contributed by atoms with van der Waals surface area (Å²) >= 11 is 0. The summed E-state index contributed by atoms with van der Waals surface area (Å²) in [4.78, 5) is 25.6. The molecule has 0 aliphatic rings. The van der Waals surface area contributed by atoms with Crippen molar-refractivity contribution in [2.24, 2.45) is 0 Å². The largest absolute Gasteiger partial charge is 0.363 e. The van der Waals surface area contributed by atoms with E-state index in [9.17, 15) is 14.0 Å². The normalized spacial score (nSPS) is 10.3. The highest BCUT2D eigenvalue weighted by atomic mass is 19.1. The monoisotopic (exact) mass is 305 g/mol. The third kappa shape index (κ3) is 3.91. The lowest BCUT2D eigenvalue weighted by Gasteiger charge is -2.21. The van der Waals surface area contributed by atoms with Crippen LogP contribution in [0.15, 0.2) is 41.1 Å². The first-order valence-corrected chi connectivity index (χ1v) is 6.86. The topological polar surface area (TPSA) is 75.4 Å². The van der Waals surface area contributed by atoms with E-state index in [-0.39, 0.29) is 17.9 Å². The molecule has 2 rings (SSSR count). The molecular weight excluding hydrogens is 289 g/mol. The van der Waals surface area contributed by atoms with E-state index in [2.05, 4.69) is 15.0 Å². The first-order chi connectivity index (χ1) is 10.6. The van der Waals surface area contributed by atoms with Crippen molar-refractivity contribution in [3.63, 3.8) is 0 Å². The molecule has 22 heavy (non-hydrogen) atoms. The van der Waals surface area contributed by atoms with Gasteiger partial charge in [0.2, 0.25) is 5.91 Å². The summed E-state index contributed by atoms with van der Waals surface area (Å²) in [5.41, 5.74) is -0.0508. The van der Waals surface area contributed by atoms with Crippen molar-refractivity contribution in [3.05, 3.63) is 48.0 Å². The summed E-state index contributed by atoms with van der Waals surface area (Å²) in [5, 5.41) is 6.06. The maximum atomic E-state index is 13.7. The summed E-state index contributed by atoms with van der Waals surface area (Å²) < 4.78 is 18.3. The van der Waals surface area contributed by atoms with Gasteiger partial charge in [-0.3, -0.25) is 9.59 Å². The van der Waals surface area contributed by atoms with Crippen molar-refractivity contribution in [2.45, 2.75) is 13.3 Å². The molecule has 1 aromatic carbocycles. The first-order valence-electron chi connectivity index (χ1n) is 6.86. The van der Waals surface area contributed by atoms with Gasteiger partial charge in [0, 0.05) is 12.6 Å². The summed E-state index contributed by atoms with van der Waals surface area (Å²) in [6, 6.07) is 7.19. The number of aromatic nitrogens is 1. The molecule has 6 nitrogen and oxygen atoms in total. The molecule has 1 heterocycles. The molecular formula is C15H16FN3O3. The fourth-order valence-corrected chi connectivity index (χ4v) is 1.96. The van der Waals surface area contributed by atoms with E-state index in [0.29, 0.717) is 13.0 Å². The Morgan fingerprint density at radius 1 is 1.32 bits per heavy atom. The first kappa shape index (κ1) is 15.7. The standard InChI is InChI=1S/C15H16FN3O3/c1-2-8-19(10-14(20)17-13-7-9-22-18-13)15(21)11-5-3-4-6-12(11)16/h3-7,9H,2,8,10H2,1H3,(H,17,18,20). The van der Waals surface area contributed by atoms with E-state index >= 15 is 0 Å². The molecule has 0 saturated carbocycles. The maximum absolute atomic E-state index is 13.7. The van der Waals surface area contributed by atoms with Crippen molar-refractivity contribution in [3.8, 4) is 0 Å². The highest BCUT2D eigenvalue weighted by Crippen LogP contribution is 2.11. The Morgan fingerprint density at radius 2 is 2.09 bits per heavy atom. The number of anilines is 1. The number of carbonyl (C=O) groups is 2. The highest BCUT2D eigenvalue weighted by molar-refractivity contribution is 5.99. The van der Waals surface area contributed by atoms with Gasteiger partial charge < -0.3 is 14.7 Å². The fraction of sp³-hybridized carbons (Fsp3) is 0.267. The zero-order chi connectivity index (χ0) is 15.9. The van der Waals surface area contributed by atoms with Crippen LogP contribution >= 0.6 is 0 Å². The molecule has 2 aromatic rings. The number of hydrogen-bond donors (Lipinski definition) is 1. The van der Waals surface area contributed by atoms with Crippen LogP contribution in [0.5, 0.6) is 0 Å². The SMILES string of the molecule is CCCN(CC(=O)Nc1ccon1)C(=O)c1ccccc1F. The molecule has 0 aliphatic carbocycles. The summed E-state index contributed by atoms with van der Waals surface area (Å²) in [6.45, 7) is 2.03. The quantitative estimate of drug-likeness (QED) is 0.888. The molecule has 0 fully saturated rings. The lowest BCUT2D eigenvalue weighted by Crippen LogP contribution is -2.39. The van der Waals surface area contributed by atoms with E-state index in [0.717, 1.165) is 0 Å². The molecule has 2 amide bonds. The number of hydrogen-bond acceptors (Lipinski definition) is 4. The van der Waals surface area contributed by atoms with E-state index in [1.165, 1.54) is 35.4 Å². The van der Waals surface area contributed by atoms with Crippen LogP contribution < -0.4 is 5.32 Å². The Labute approximate surface area is 126 Å². The minimum Gasteiger partial charge on any atom is -0.363 e. The second kappa shape index (κ2) is 7.35. The number of nitrogens with zero attached hydrogens (tertiary/aromatic N) is 2. The van der Waals surface area contributed by atoms with Crippen molar-refractivity contribution >= 4 is 17.6 Å². The van der Waals surface area contributed by atoms with E-state index in [1.54, 1.807) is 6.07 Å². The van der Waals surface area contributed by atoms with Crippen LogP contribution in [0, 0.1) is 5.82 Å². The van der Waals surface area contributed by atoms with Crippen LogP contribution in [0.3, 0.4) is 0 Å². The molecule has 7 heteroatoms. The lowest BCUT2D eigenvalue weighted by molar-refractivity contribution is -0.116. The molecule has 116 valence electrons. The van der Waals surface area contributed by atoms with Crippen LogP contribution in [0.25, 0.3) is 0 Å². The molecule has 0 saturated heterocycles. The third-order valence-corrected chi connectivity index (χ3v) is 2.92. The third-order valence-electron chi connectivity index (χ3n) is 2.92. The Bertz CT molecular complexity index is 643. The van der Waals surface area contributed by atoms with Gasteiger partial charge in [-0.25, -0.2) is 4.39 Å². The smallest absolute Gasteiger partial charge is 0.257 e. The van der Waals surface area contributed by atoms with Crippen molar-refractivity contribution in [1.29, 1.82) is 0 Å². The molecule has 0 bridgehead atoms. The summed E-state index contributed by atoms with van der Waals surface area (Å²) in [5.74, 6) is -1.28. The number of carbonyl (C=O) groups excluding carboxylic acids is 2. The van der Waals surface area contributed by atoms with Gasteiger partial charge in [-0.2, -0.15) is 0 Å². The Hall–Kier alpha value is -2.70. The second-order valence-corrected chi connectivity index (χ2v) is 4.64. The van der Waals surface area contributed by atoms with Crippen LogP contribution in [-0.4, -0.2) is 35.0 Å². The molecule has 1 aromatic heterocycles. The summed E-state index contributed by atoms with van der Waals surface area (Å²) in [6.07, 6.45) is 1.97. The maximum Gasteiger partial charge on any atom is 0.257 e. The van der Waals surface area contributed by atoms with E-state index < -0.39 is 17.6 Å². The highest BCUT2D eigenvalue weighted by Gasteiger charge is 2.21. The minimum atomic E-state index is -0.606. The number of rotatable bonds is 6. The Balaban J connectivity index is 2.07. The van der Waals surface area contributed by atoms with Crippen molar-refractivity contribution in [2.75, 3.05) is 18.4 Å². The van der Waals surface area contributed by atoms with Crippen LogP contribution in [-0.2, 0) is 4.79 Å². The molecule has 0 spiro atoms. The predicted molar refractivity (Wildman–Crippen MR) is 77.7 cm³/mol. The summed E-state index contributed by atoms with van der Waals surface area (Å²) in [7, 11) is 0. The fourth-order valence-electron chi connectivity index (χ4n) is 1.96. The van der Waals surface area contributed by atoms with Crippen molar-refractivity contribution in [1.82, 2.24) is 10.1 Å². The van der Waals surface area contributed by atoms with Gasteiger partial charge in [0.1, 0.15) is 18.6 Å². The number of amides is 2. The number of benzene rings is 1. The van der Waals surface area contributed by atoms with Gasteiger partial charge in [-0.05, 0) is 18.6 Å². The van der Waals surface area contributed by atoms with Gasteiger partial charge in [0.25, 0.3) is 5.91 Å². The van der Waals surface area contributed by atoms with E-state index in [4.69, 9.17) is 0 Å². The Morgan fingerprint density at radius 3 is 2.73 bits per heavy atom. The molecule has 0 unspecified atom stereocenters. The van der Waals surface area contributed by atoms with Crippen molar-refractivity contribution < 1.29 is 18.5 Å².